The van der Waals surface area contributed by atoms with E-state index in [-0.39, 0.29) is 18.4 Å². The number of hydrogen-bond acceptors (Lipinski definition) is 3. The van der Waals surface area contributed by atoms with Crippen LogP contribution in [0.15, 0.2) is 0 Å². The van der Waals surface area contributed by atoms with Crippen LogP contribution in [-0.4, -0.2) is 48.2 Å². The van der Waals surface area contributed by atoms with Gasteiger partial charge in [0.05, 0.1) is 11.5 Å². The predicted molar refractivity (Wildman–Crippen MR) is 67.3 cm³/mol. The molecule has 1 rings (SSSR count). The van der Waals surface area contributed by atoms with Crippen molar-refractivity contribution in [3.63, 3.8) is 0 Å². The highest BCUT2D eigenvalue weighted by molar-refractivity contribution is 5.84. The lowest BCUT2D eigenvalue weighted by Gasteiger charge is -2.29. The van der Waals surface area contributed by atoms with Gasteiger partial charge in [0, 0.05) is 26.6 Å². The number of carboxylic acids is 1. The van der Waals surface area contributed by atoms with Crippen LogP contribution in [0.3, 0.4) is 0 Å². The SMILES string of the molecule is CN(CC1CCCCO1)C(=O)CC(C)(C)C(=O)O. The van der Waals surface area contributed by atoms with Crippen molar-refractivity contribution in [2.75, 3.05) is 20.2 Å². The molecule has 0 aromatic rings. The summed E-state index contributed by atoms with van der Waals surface area (Å²) in [5.74, 6) is -1.09. The maximum absolute atomic E-state index is 11.9. The second kappa shape index (κ2) is 6.18. The number of amides is 1. The molecule has 18 heavy (non-hydrogen) atoms. The van der Waals surface area contributed by atoms with E-state index in [1.807, 2.05) is 0 Å². The first-order chi connectivity index (χ1) is 8.33. The lowest BCUT2D eigenvalue weighted by Crippen LogP contribution is -2.40. The van der Waals surface area contributed by atoms with Crippen molar-refractivity contribution in [2.45, 2.75) is 45.6 Å². The molecule has 0 aromatic heterocycles. The summed E-state index contributed by atoms with van der Waals surface area (Å²) < 4.78 is 5.57. The van der Waals surface area contributed by atoms with E-state index >= 15 is 0 Å². The van der Waals surface area contributed by atoms with Crippen molar-refractivity contribution in [3.8, 4) is 0 Å². The fourth-order valence-electron chi connectivity index (χ4n) is 1.95. The van der Waals surface area contributed by atoms with Crippen LogP contribution in [0.5, 0.6) is 0 Å². The molecule has 1 N–H and O–H groups in total. The standard InChI is InChI=1S/C13H23NO4/c1-13(2,12(16)17)8-11(15)14(3)9-10-6-4-5-7-18-10/h10H,4-9H2,1-3H3,(H,16,17). The first-order valence-corrected chi connectivity index (χ1v) is 6.42. The molecule has 0 aliphatic carbocycles. The van der Waals surface area contributed by atoms with E-state index in [2.05, 4.69) is 0 Å². The van der Waals surface area contributed by atoms with Gasteiger partial charge in [-0.1, -0.05) is 0 Å². The Bertz CT molecular complexity index is 308. The molecule has 1 aliphatic rings. The van der Waals surface area contributed by atoms with E-state index in [0.29, 0.717) is 6.54 Å². The molecule has 0 spiro atoms. The average molecular weight is 257 g/mol. The summed E-state index contributed by atoms with van der Waals surface area (Å²) >= 11 is 0. The molecular formula is C13H23NO4. The quantitative estimate of drug-likeness (QED) is 0.810. The topological polar surface area (TPSA) is 66.8 Å². The highest BCUT2D eigenvalue weighted by Gasteiger charge is 2.32. The Hall–Kier alpha value is -1.10. The molecule has 0 saturated carbocycles. The zero-order chi connectivity index (χ0) is 13.8. The molecule has 1 fully saturated rings. The largest absolute Gasteiger partial charge is 0.481 e. The van der Waals surface area contributed by atoms with E-state index in [0.717, 1.165) is 25.9 Å². The van der Waals surface area contributed by atoms with Crippen molar-refractivity contribution < 1.29 is 19.4 Å². The summed E-state index contributed by atoms with van der Waals surface area (Å²) in [5, 5.41) is 9.00. The minimum atomic E-state index is -1.02. The molecule has 1 saturated heterocycles. The number of rotatable bonds is 5. The van der Waals surface area contributed by atoms with Crippen molar-refractivity contribution in [1.29, 1.82) is 0 Å². The minimum absolute atomic E-state index is 0.0194. The zero-order valence-electron chi connectivity index (χ0n) is 11.4. The van der Waals surface area contributed by atoms with E-state index in [1.165, 1.54) is 0 Å². The minimum Gasteiger partial charge on any atom is -0.481 e. The number of likely N-dealkylation sites (N-methyl/N-ethyl adjacent to an activating group) is 1. The van der Waals surface area contributed by atoms with Gasteiger partial charge < -0.3 is 14.7 Å². The fourth-order valence-corrected chi connectivity index (χ4v) is 1.95. The van der Waals surface area contributed by atoms with E-state index in [4.69, 9.17) is 9.84 Å². The van der Waals surface area contributed by atoms with E-state index in [1.54, 1.807) is 25.8 Å². The Morgan fingerprint density at radius 2 is 2.06 bits per heavy atom. The third kappa shape index (κ3) is 4.29. The second-order valence-corrected chi connectivity index (χ2v) is 5.63. The van der Waals surface area contributed by atoms with Crippen molar-refractivity contribution in [3.05, 3.63) is 0 Å². The number of ether oxygens (including phenoxy) is 1. The van der Waals surface area contributed by atoms with Crippen LogP contribution < -0.4 is 0 Å². The van der Waals surface area contributed by atoms with Crippen LogP contribution in [0, 0.1) is 5.41 Å². The van der Waals surface area contributed by atoms with Gasteiger partial charge in [0.15, 0.2) is 0 Å². The highest BCUT2D eigenvalue weighted by atomic mass is 16.5. The Balaban J connectivity index is 2.43. The predicted octanol–water partition coefficient (Wildman–Crippen LogP) is 1.51. The number of aliphatic carboxylic acids is 1. The van der Waals surface area contributed by atoms with Gasteiger partial charge in [-0.05, 0) is 33.1 Å². The number of nitrogens with zero attached hydrogens (tertiary/aromatic N) is 1. The summed E-state index contributed by atoms with van der Waals surface area (Å²) in [6.07, 6.45) is 3.31. The maximum Gasteiger partial charge on any atom is 0.309 e. The van der Waals surface area contributed by atoms with Crippen LogP contribution >= 0.6 is 0 Å². The number of carbonyl (C=O) groups excluding carboxylic acids is 1. The van der Waals surface area contributed by atoms with Crippen LogP contribution in [0.4, 0.5) is 0 Å². The second-order valence-electron chi connectivity index (χ2n) is 5.63. The van der Waals surface area contributed by atoms with Crippen molar-refractivity contribution in [2.24, 2.45) is 5.41 Å². The molecule has 0 bridgehead atoms. The Kier molecular flexibility index (Phi) is 5.14. The van der Waals surface area contributed by atoms with Crippen LogP contribution in [-0.2, 0) is 14.3 Å². The van der Waals surface area contributed by atoms with Gasteiger partial charge in [0.2, 0.25) is 5.91 Å². The molecule has 0 aromatic carbocycles. The van der Waals surface area contributed by atoms with Gasteiger partial charge >= 0.3 is 5.97 Å². The molecule has 1 atom stereocenters. The molecule has 5 heteroatoms. The van der Waals surface area contributed by atoms with Crippen molar-refractivity contribution in [1.82, 2.24) is 4.90 Å². The van der Waals surface area contributed by atoms with Gasteiger partial charge in [-0.3, -0.25) is 9.59 Å². The molecule has 0 radical (unpaired) electrons. The molecular weight excluding hydrogens is 234 g/mol. The highest BCUT2D eigenvalue weighted by Crippen LogP contribution is 2.22. The van der Waals surface area contributed by atoms with Gasteiger partial charge in [0.1, 0.15) is 0 Å². The molecule has 1 heterocycles. The molecule has 1 unspecified atom stereocenters. The Morgan fingerprint density at radius 3 is 2.56 bits per heavy atom. The third-order valence-corrected chi connectivity index (χ3v) is 3.35. The van der Waals surface area contributed by atoms with Crippen LogP contribution in [0.25, 0.3) is 0 Å². The smallest absolute Gasteiger partial charge is 0.309 e. The fraction of sp³-hybridized carbons (Fsp3) is 0.846. The first kappa shape index (κ1) is 15.0. The molecule has 1 aliphatic heterocycles. The molecule has 1 amide bonds. The monoisotopic (exact) mass is 257 g/mol. The molecule has 5 nitrogen and oxygen atoms in total. The normalized spacial score (nSPS) is 20.5. The lowest BCUT2D eigenvalue weighted by molar-refractivity contribution is -0.151. The van der Waals surface area contributed by atoms with Crippen LogP contribution in [0.1, 0.15) is 39.5 Å². The number of carbonyl (C=O) groups is 2. The van der Waals surface area contributed by atoms with Crippen molar-refractivity contribution >= 4 is 11.9 Å². The maximum atomic E-state index is 11.9. The van der Waals surface area contributed by atoms with E-state index < -0.39 is 11.4 Å². The molecule has 104 valence electrons. The van der Waals surface area contributed by atoms with Crippen LogP contribution in [0.2, 0.25) is 0 Å². The average Bonchev–Trinajstić information content (AvgIpc) is 2.29. The summed E-state index contributed by atoms with van der Waals surface area (Å²) in [6.45, 7) is 4.44. The zero-order valence-corrected chi connectivity index (χ0v) is 11.4. The van der Waals surface area contributed by atoms with E-state index in [9.17, 15) is 9.59 Å². The van der Waals surface area contributed by atoms with Gasteiger partial charge in [-0.2, -0.15) is 0 Å². The van der Waals surface area contributed by atoms with Gasteiger partial charge in [0.25, 0.3) is 0 Å². The summed E-state index contributed by atoms with van der Waals surface area (Å²) in [7, 11) is 1.71. The van der Waals surface area contributed by atoms with Gasteiger partial charge in [-0.25, -0.2) is 0 Å². The summed E-state index contributed by atoms with van der Waals surface area (Å²) in [5.41, 5.74) is -1.02. The Morgan fingerprint density at radius 1 is 1.39 bits per heavy atom. The summed E-state index contributed by atoms with van der Waals surface area (Å²) in [4.78, 5) is 24.5. The first-order valence-electron chi connectivity index (χ1n) is 6.42. The summed E-state index contributed by atoms with van der Waals surface area (Å²) in [6, 6.07) is 0. The number of carboxylic acid groups (broad SMARTS) is 1. The lowest BCUT2D eigenvalue weighted by atomic mass is 9.89. The number of hydrogen-bond donors (Lipinski definition) is 1. The van der Waals surface area contributed by atoms with Gasteiger partial charge in [-0.15, -0.1) is 0 Å². The third-order valence-electron chi connectivity index (χ3n) is 3.35. The Labute approximate surface area is 108 Å².